The molecule has 90 valence electrons. The second kappa shape index (κ2) is 4.18. The summed E-state index contributed by atoms with van der Waals surface area (Å²) in [6.45, 7) is 2.88. The smallest absolute Gasteiger partial charge is 0.0651 e. The Bertz CT molecular complexity index is 698. The van der Waals surface area contributed by atoms with Crippen LogP contribution in [0.25, 0.3) is 10.9 Å². The molecule has 2 heterocycles. The van der Waals surface area contributed by atoms with E-state index in [1.807, 2.05) is 24.4 Å². The molecule has 0 aliphatic heterocycles. The number of nitrogen functional groups attached to an aromatic ring is 1. The summed E-state index contributed by atoms with van der Waals surface area (Å²) in [6, 6.07) is 12.1. The summed E-state index contributed by atoms with van der Waals surface area (Å²) < 4.78 is 2.20. The molecule has 0 unspecified atom stereocenters. The van der Waals surface area contributed by atoms with Crippen molar-refractivity contribution in [3.05, 3.63) is 60.0 Å². The van der Waals surface area contributed by atoms with Crippen LogP contribution in [-0.2, 0) is 6.54 Å². The van der Waals surface area contributed by atoms with Crippen LogP contribution in [0.4, 0.5) is 5.69 Å². The minimum Gasteiger partial charge on any atom is -0.399 e. The highest BCUT2D eigenvalue weighted by molar-refractivity contribution is 5.83. The second-order valence-corrected chi connectivity index (χ2v) is 4.53. The molecule has 3 rings (SSSR count). The lowest BCUT2D eigenvalue weighted by molar-refractivity contribution is 0.799. The van der Waals surface area contributed by atoms with Gasteiger partial charge in [0.25, 0.3) is 0 Å². The number of benzene rings is 1. The highest BCUT2D eigenvalue weighted by atomic mass is 15.0. The predicted octanol–water partition coefficient (Wildman–Crippen LogP) is 2.98. The van der Waals surface area contributed by atoms with Gasteiger partial charge in [0.1, 0.15) is 0 Å². The van der Waals surface area contributed by atoms with Gasteiger partial charge in [0.2, 0.25) is 0 Å². The number of hydrogen-bond donors (Lipinski definition) is 1. The first kappa shape index (κ1) is 10.8. The maximum absolute atomic E-state index is 5.79. The van der Waals surface area contributed by atoms with E-state index in [-0.39, 0.29) is 0 Å². The zero-order valence-electron chi connectivity index (χ0n) is 10.3. The molecule has 1 aromatic carbocycles. The normalized spacial score (nSPS) is 10.9. The molecular formula is C15H15N3. The van der Waals surface area contributed by atoms with Gasteiger partial charge in [-0.1, -0.05) is 6.07 Å². The second-order valence-electron chi connectivity index (χ2n) is 4.53. The Kier molecular flexibility index (Phi) is 2.52. The summed E-state index contributed by atoms with van der Waals surface area (Å²) in [5, 5.41) is 1.17. The van der Waals surface area contributed by atoms with Crippen LogP contribution in [0.15, 0.2) is 48.8 Å². The molecule has 2 aromatic heterocycles. The Balaban J connectivity index is 2.03. The Morgan fingerprint density at radius 3 is 2.94 bits per heavy atom. The maximum atomic E-state index is 5.79. The molecule has 0 spiro atoms. The van der Waals surface area contributed by atoms with Crippen molar-refractivity contribution in [2.24, 2.45) is 0 Å². The molecule has 0 aliphatic carbocycles. The molecular weight excluding hydrogens is 222 g/mol. The molecule has 0 bridgehead atoms. The minimum absolute atomic E-state index is 0.792. The average Bonchev–Trinajstić information content (AvgIpc) is 2.74. The molecule has 0 saturated carbocycles. The zero-order chi connectivity index (χ0) is 12.5. The Morgan fingerprint density at radius 2 is 2.11 bits per heavy atom. The van der Waals surface area contributed by atoms with Gasteiger partial charge in [0.05, 0.1) is 12.2 Å². The van der Waals surface area contributed by atoms with Crippen LogP contribution in [-0.4, -0.2) is 9.55 Å². The van der Waals surface area contributed by atoms with Crippen LogP contribution < -0.4 is 5.73 Å². The quantitative estimate of drug-likeness (QED) is 0.696. The third-order valence-corrected chi connectivity index (χ3v) is 3.23. The number of aryl methyl sites for hydroxylation is 1. The molecule has 0 atom stereocenters. The van der Waals surface area contributed by atoms with Crippen molar-refractivity contribution in [3.63, 3.8) is 0 Å². The topological polar surface area (TPSA) is 43.8 Å². The number of hydrogen-bond acceptors (Lipinski definition) is 2. The number of aromatic nitrogens is 2. The number of fused-ring (bicyclic) bond motifs is 1. The molecule has 0 fully saturated rings. The standard InChI is InChI=1S/C15H15N3/c1-11-3-2-7-17-14(11)10-18-8-6-12-9-13(16)4-5-15(12)18/h2-9H,10,16H2,1H3. The third-order valence-electron chi connectivity index (χ3n) is 3.23. The summed E-state index contributed by atoms with van der Waals surface area (Å²) in [5.74, 6) is 0. The highest BCUT2D eigenvalue weighted by Gasteiger charge is 2.04. The first-order valence-corrected chi connectivity index (χ1v) is 5.99. The third kappa shape index (κ3) is 1.84. The number of anilines is 1. The van der Waals surface area contributed by atoms with Crippen molar-refractivity contribution in [2.45, 2.75) is 13.5 Å². The molecule has 18 heavy (non-hydrogen) atoms. The fraction of sp³-hybridized carbons (Fsp3) is 0.133. The van der Waals surface area contributed by atoms with E-state index >= 15 is 0 Å². The van der Waals surface area contributed by atoms with E-state index in [4.69, 9.17) is 5.73 Å². The van der Waals surface area contributed by atoms with E-state index in [0.717, 1.165) is 17.9 Å². The SMILES string of the molecule is Cc1cccnc1Cn1ccc2cc(N)ccc21. The van der Waals surface area contributed by atoms with E-state index in [1.54, 1.807) is 0 Å². The largest absolute Gasteiger partial charge is 0.399 e. The Labute approximate surface area is 106 Å². The minimum atomic E-state index is 0.792. The van der Waals surface area contributed by atoms with Crippen molar-refractivity contribution in [1.82, 2.24) is 9.55 Å². The van der Waals surface area contributed by atoms with Gasteiger partial charge >= 0.3 is 0 Å². The van der Waals surface area contributed by atoms with Crippen molar-refractivity contribution in [3.8, 4) is 0 Å². The van der Waals surface area contributed by atoms with E-state index in [0.29, 0.717) is 0 Å². The van der Waals surface area contributed by atoms with Gasteiger partial charge in [-0.15, -0.1) is 0 Å². The van der Waals surface area contributed by atoms with Crippen LogP contribution >= 0.6 is 0 Å². The maximum Gasteiger partial charge on any atom is 0.0651 e. The summed E-state index contributed by atoms with van der Waals surface area (Å²) in [6.07, 6.45) is 3.92. The van der Waals surface area contributed by atoms with E-state index < -0.39 is 0 Å². The molecule has 0 amide bonds. The number of rotatable bonds is 2. The summed E-state index contributed by atoms with van der Waals surface area (Å²) in [5.41, 5.74) is 10.1. The lowest BCUT2D eigenvalue weighted by atomic mass is 10.2. The van der Waals surface area contributed by atoms with Gasteiger partial charge in [0, 0.05) is 29.0 Å². The molecule has 2 N–H and O–H groups in total. The monoisotopic (exact) mass is 237 g/mol. The van der Waals surface area contributed by atoms with Gasteiger partial charge in [-0.05, 0) is 42.8 Å². The van der Waals surface area contributed by atoms with Gasteiger partial charge < -0.3 is 10.3 Å². The molecule has 3 aromatic rings. The molecule has 3 nitrogen and oxygen atoms in total. The Morgan fingerprint density at radius 1 is 1.22 bits per heavy atom. The fourth-order valence-electron chi connectivity index (χ4n) is 2.20. The highest BCUT2D eigenvalue weighted by Crippen LogP contribution is 2.20. The number of nitrogens with zero attached hydrogens (tertiary/aromatic N) is 2. The van der Waals surface area contributed by atoms with Gasteiger partial charge in [0.15, 0.2) is 0 Å². The van der Waals surface area contributed by atoms with Crippen LogP contribution in [0.5, 0.6) is 0 Å². The van der Waals surface area contributed by atoms with Crippen molar-refractivity contribution in [1.29, 1.82) is 0 Å². The fourth-order valence-corrected chi connectivity index (χ4v) is 2.20. The van der Waals surface area contributed by atoms with Crippen molar-refractivity contribution in [2.75, 3.05) is 5.73 Å². The lowest BCUT2D eigenvalue weighted by Gasteiger charge is -2.07. The summed E-state index contributed by atoms with van der Waals surface area (Å²) in [4.78, 5) is 4.43. The molecule has 0 aliphatic rings. The first-order valence-electron chi connectivity index (χ1n) is 5.99. The van der Waals surface area contributed by atoms with Crippen LogP contribution in [0.2, 0.25) is 0 Å². The predicted molar refractivity (Wildman–Crippen MR) is 74.4 cm³/mol. The van der Waals surface area contributed by atoms with Gasteiger partial charge in [-0.3, -0.25) is 4.98 Å². The van der Waals surface area contributed by atoms with Gasteiger partial charge in [-0.25, -0.2) is 0 Å². The first-order chi connectivity index (χ1) is 8.74. The summed E-state index contributed by atoms with van der Waals surface area (Å²) in [7, 11) is 0. The van der Waals surface area contributed by atoms with Crippen molar-refractivity contribution < 1.29 is 0 Å². The molecule has 0 radical (unpaired) electrons. The lowest BCUT2D eigenvalue weighted by Crippen LogP contribution is -2.02. The van der Waals surface area contributed by atoms with Crippen molar-refractivity contribution >= 4 is 16.6 Å². The Hall–Kier alpha value is -2.29. The molecule has 3 heteroatoms. The van der Waals surface area contributed by atoms with E-state index in [1.165, 1.54) is 16.5 Å². The van der Waals surface area contributed by atoms with Crippen LogP contribution in [0.3, 0.4) is 0 Å². The summed E-state index contributed by atoms with van der Waals surface area (Å²) >= 11 is 0. The molecule has 0 saturated heterocycles. The van der Waals surface area contributed by atoms with Gasteiger partial charge in [-0.2, -0.15) is 0 Å². The van der Waals surface area contributed by atoms with E-state index in [2.05, 4.69) is 40.9 Å². The average molecular weight is 237 g/mol. The van der Waals surface area contributed by atoms with Crippen LogP contribution in [0.1, 0.15) is 11.3 Å². The number of pyridine rings is 1. The van der Waals surface area contributed by atoms with Crippen LogP contribution in [0, 0.1) is 6.92 Å². The van der Waals surface area contributed by atoms with E-state index in [9.17, 15) is 0 Å². The zero-order valence-corrected chi connectivity index (χ0v) is 10.3. The number of nitrogens with two attached hydrogens (primary N) is 1.